The third-order valence-corrected chi connectivity index (χ3v) is 3.59. The monoisotopic (exact) mass is 272 g/mol. The molecule has 1 fully saturated rings. The van der Waals surface area contributed by atoms with Gasteiger partial charge in [0.15, 0.2) is 0 Å². The van der Waals surface area contributed by atoms with E-state index in [-0.39, 0.29) is 11.1 Å². The molecule has 1 aliphatic rings. The fourth-order valence-corrected chi connectivity index (χ4v) is 2.46. The predicted octanol–water partition coefficient (Wildman–Crippen LogP) is 2.62. The molecule has 1 aromatic rings. The molecule has 0 aromatic heterocycles. The topological polar surface area (TPSA) is 66.6 Å². The normalized spacial score (nSPS) is 21.1. The molecule has 1 aromatic carbocycles. The first-order valence-corrected chi connectivity index (χ1v) is 6.08. The van der Waals surface area contributed by atoms with E-state index in [0.29, 0.717) is 18.5 Å². The van der Waals surface area contributed by atoms with Crippen molar-refractivity contribution in [3.8, 4) is 0 Å². The highest BCUT2D eigenvalue weighted by molar-refractivity contribution is 6.30. The number of benzene rings is 1. The molecule has 3 N–H and O–H groups in total. The number of hydrogen-bond donors (Lipinski definition) is 2. The van der Waals surface area contributed by atoms with Crippen LogP contribution in [0.15, 0.2) is 18.2 Å². The van der Waals surface area contributed by atoms with Crippen LogP contribution >= 0.6 is 11.6 Å². The summed E-state index contributed by atoms with van der Waals surface area (Å²) in [4.78, 5) is 12.4. The molecule has 1 aliphatic heterocycles. The van der Waals surface area contributed by atoms with Crippen molar-refractivity contribution in [1.29, 1.82) is 0 Å². The van der Waals surface area contributed by atoms with E-state index in [0.717, 1.165) is 6.42 Å². The van der Waals surface area contributed by atoms with Crippen molar-refractivity contribution in [3.63, 3.8) is 0 Å². The zero-order chi connectivity index (χ0) is 13.3. The Morgan fingerprint density at radius 3 is 2.94 bits per heavy atom. The van der Waals surface area contributed by atoms with Crippen LogP contribution in [0.3, 0.4) is 0 Å². The first-order valence-electron chi connectivity index (χ1n) is 5.71. The molecule has 0 aliphatic carbocycles. The van der Waals surface area contributed by atoms with Gasteiger partial charge in [0, 0.05) is 6.54 Å². The Morgan fingerprint density at radius 2 is 2.33 bits per heavy atom. The third kappa shape index (κ3) is 2.42. The number of hydrogen-bond acceptors (Lipinski definition) is 2. The SMILES string of the molecule is NC(c1ccc(Cl)c(F)c1)C1CCCN1C(=O)O. The molecule has 0 saturated carbocycles. The van der Waals surface area contributed by atoms with Gasteiger partial charge in [-0.3, -0.25) is 0 Å². The van der Waals surface area contributed by atoms with Crippen LogP contribution in [-0.4, -0.2) is 28.7 Å². The van der Waals surface area contributed by atoms with Crippen LogP contribution in [0.2, 0.25) is 5.02 Å². The Morgan fingerprint density at radius 1 is 1.61 bits per heavy atom. The van der Waals surface area contributed by atoms with Crippen LogP contribution in [0.1, 0.15) is 24.4 Å². The molecule has 1 heterocycles. The van der Waals surface area contributed by atoms with Gasteiger partial charge in [0.1, 0.15) is 5.82 Å². The summed E-state index contributed by atoms with van der Waals surface area (Å²) in [5.41, 5.74) is 6.60. The second kappa shape index (κ2) is 5.12. The number of nitrogens with two attached hydrogens (primary N) is 1. The summed E-state index contributed by atoms with van der Waals surface area (Å²) in [6.45, 7) is 0.476. The van der Waals surface area contributed by atoms with E-state index in [2.05, 4.69) is 0 Å². The Bertz CT molecular complexity index is 469. The second-order valence-corrected chi connectivity index (χ2v) is 4.79. The maximum atomic E-state index is 13.4. The zero-order valence-electron chi connectivity index (χ0n) is 9.64. The van der Waals surface area contributed by atoms with Gasteiger partial charge in [0.25, 0.3) is 0 Å². The van der Waals surface area contributed by atoms with E-state index in [1.165, 1.54) is 17.0 Å². The van der Waals surface area contributed by atoms with Crippen molar-refractivity contribution in [1.82, 2.24) is 4.90 Å². The smallest absolute Gasteiger partial charge is 0.407 e. The number of amides is 1. The van der Waals surface area contributed by atoms with E-state index in [1.54, 1.807) is 6.07 Å². The first-order chi connectivity index (χ1) is 8.50. The number of halogens is 2. The summed E-state index contributed by atoms with van der Waals surface area (Å²) >= 11 is 5.60. The quantitative estimate of drug-likeness (QED) is 0.870. The Balaban J connectivity index is 2.22. The maximum absolute atomic E-state index is 13.4. The first kappa shape index (κ1) is 13.1. The fourth-order valence-electron chi connectivity index (χ4n) is 2.35. The number of rotatable bonds is 2. The van der Waals surface area contributed by atoms with Crippen LogP contribution < -0.4 is 5.73 Å². The molecule has 6 heteroatoms. The molecule has 0 radical (unpaired) electrons. The van der Waals surface area contributed by atoms with E-state index >= 15 is 0 Å². The maximum Gasteiger partial charge on any atom is 0.407 e. The largest absolute Gasteiger partial charge is 0.465 e. The van der Waals surface area contributed by atoms with E-state index in [9.17, 15) is 9.18 Å². The van der Waals surface area contributed by atoms with E-state index < -0.39 is 18.0 Å². The highest BCUT2D eigenvalue weighted by Gasteiger charge is 2.33. The number of nitrogens with zero attached hydrogens (tertiary/aromatic N) is 1. The molecule has 2 unspecified atom stereocenters. The number of carboxylic acid groups (broad SMARTS) is 1. The summed E-state index contributed by atoms with van der Waals surface area (Å²) in [6.07, 6.45) is 0.487. The Labute approximate surface area is 109 Å². The summed E-state index contributed by atoms with van der Waals surface area (Å²) in [7, 11) is 0. The van der Waals surface area contributed by atoms with Gasteiger partial charge < -0.3 is 15.7 Å². The lowest BCUT2D eigenvalue weighted by Crippen LogP contribution is -2.41. The lowest BCUT2D eigenvalue weighted by Gasteiger charge is -2.27. The zero-order valence-corrected chi connectivity index (χ0v) is 10.4. The highest BCUT2D eigenvalue weighted by atomic mass is 35.5. The van der Waals surface area contributed by atoms with Crippen molar-refractivity contribution in [2.24, 2.45) is 5.73 Å². The van der Waals surface area contributed by atoms with Crippen molar-refractivity contribution in [3.05, 3.63) is 34.6 Å². The fraction of sp³-hybridized carbons (Fsp3) is 0.417. The van der Waals surface area contributed by atoms with E-state index in [1.807, 2.05) is 0 Å². The Kier molecular flexibility index (Phi) is 3.73. The van der Waals surface area contributed by atoms with Gasteiger partial charge in [-0.05, 0) is 30.5 Å². The summed E-state index contributed by atoms with van der Waals surface area (Å²) in [5.74, 6) is -0.538. The molecular weight excluding hydrogens is 259 g/mol. The number of carbonyl (C=O) groups is 1. The second-order valence-electron chi connectivity index (χ2n) is 4.38. The summed E-state index contributed by atoms with van der Waals surface area (Å²) in [5, 5.41) is 9.09. The standard InChI is InChI=1S/C12H14ClFN2O2/c13-8-4-3-7(6-9(8)14)11(15)10-2-1-5-16(10)12(17)18/h3-4,6,10-11H,1-2,5,15H2,(H,17,18). The number of likely N-dealkylation sites (tertiary alicyclic amines) is 1. The van der Waals surface area contributed by atoms with Crippen LogP contribution in [0.4, 0.5) is 9.18 Å². The molecular formula is C12H14ClFN2O2. The van der Waals surface area contributed by atoms with Crippen LogP contribution in [0, 0.1) is 5.82 Å². The minimum Gasteiger partial charge on any atom is -0.465 e. The van der Waals surface area contributed by atoms with E-state index in [4.69, 9.17) is 22.4 Å². The minimum atomic E-state index is -0.984. The van der Waals surface area contributed by atoms with Crippen molar-refractivity contribution in [2.75, 3.05) is 6.54 Å². The molecule has 0 spiro atoms. The van der Waals surface area contributed by atoms with Crippen molar-refractivity contribution < 1.29 is 14.3 Å². The predicted molar refractivity (Wildman–Crippen MR) is 66.1 cm³/mol. The lowest BCUT2D eigenvalue weighted by molar-refractivity contribution is 0.134. The van der Waals surface area contributed by atoms with Gasteiger partial charge in [-0.15, -0.1) is 0 Å². The van der Waals surface area contributed by atoms with Crippen LogP contribution in [0.5, 0.6) is 0 Å². The molecule has 4 nitrogen and oxygen atoms in total. The van der Waals surface area contributed by atoms with Gasteiger partial charge in [0.05, 0.1) is 17.1 Å². The molecule has 98 valence electrons. The lowest BCUT2D eigenvalue weighted by atomic mass is 9.98. The molecule has 2 rings (SSSR count). The minimum absolute atomic E-state index is 0.0347. The van der Waals surface area contributed by atoms with Gasteiger partial charge in [0.2, 0.25) is 0 Å². The highest BCUT2D eigenvalue weighted by Crippen LogP contribution is 2.29. The summed E-state index contributed by atoms with van der Waals surface area (Å²) in [6, 6.07) is 3.50. The molecule has 1 saturated heterocycles. The average molecular weight is 273 g/mol. The van der Waals surface area contributed by atoms with Crippen molar-refractivity contribution >= 4 is 17.7 Å². The van der Waals surface area contributed by atoms with Gasteiger partial charge in [-0.25, -0.2) is 9.18 Å². The molecule has 0 bridgehead atoms. The van der Waals surface area contributed by atoms with Gasteiger partial charge in [-0.1, -0.05) is 17.7 Å². The van der Waals surface area contributed by atoms with Crippen LogP contribution in [0.25, 0.3) is 0 Å². The van der Waals surface area contributed by atoms with Crippen molar-refractivity contribution in [2.45, 2.75) is 24.9 Å². The molecule has 2 atom stereocenters. The average Bonchev–Trinajstić information content (AvgIpc) is 2.81. The third-order valence-electron chi connectivity index (χ3n) is 3.29. The summed E-state index contributed by atoms with van der Waals surface area (Å²) < 4.78 is 13.4. The van der Waals surface area contributed by atoms with Gasteiger partial charge in [-0.2, -0.15) is 0 Å². The van der Waals surface area contributed by atoms with Crippen LogP contribution in [-0.2, 0) is 0 Å². The Hall–Kier alpha value is -1.33. The van der Waals surface area contributed by atoms with Gasteiger partial charge >= 0.3 is 6.09 Å². The molecule has 18 heavy (non-hydrogen) atoms. The molecule has 1 amide bonds.